The maximum atomic E-state index is 12.2. The van der Waals surface area contributed by atoms with Crippen molar-refractivity contribution < 1.29 is 14.3 Å². The van der Waals surface area contributed by atoms with Crippen LogP contribution in [0.2, 0.25) is 0 Å². The second kappa shape index (κ2) is 7.53. The van der Waals surface area contributed by atoms with Gasteiger partial charge in [0.25, 0.3) is 0 Å². The second-order valence-electron chi connectivity index (χ2n) is 4.80. The number of ether oxygens (including phenoxy) is 2. The van der Waals surface area contributed by atoms with E-state index in [2.05, 4.69) is 20.3 Å². The van der Waals surface area contributed by atoms with Gasteiger partial charge in [-0.3, -0.25) is 4.79 Å². The van der Waals surface area contributed by atoms with Gasteiger partial charge in [0.05, 0.1) is 25.5 Å². The molecule has 2 aromatic heterocycles. The van der Waals surface area contributed by atoms with Gasteiger partial charge in [-0.1, -0.05) is 11.8 Å². The number of thiazole rings is 1. The summed E-state index contributed by atoms with van der Waals surface area (Å²) in [6.07, 6.45) is 0. The predicted octanol–water partition coefficient (Wildman–Crippen LogP) is 2.42. The van der Waals surface area contributed by atoms with Crippen molar-refractivity contribution in [2.75, 3.05) is 31.0 Å². The van der Waals surface area contributed by atoms with Gasteiger partial charge < -0.3 is 20.5 Å². The van der Waals surface area contributed by atoms with E-state index in [0.29, 0.717) is 32.6 Å². The Balaban J connectivity index is 1.67. The molecule has 0 saturated heterocycles. The molecule has 0 saturated carbocycles. The van der Waals surface area contributed by atoms with E-state index in [0.717, 1.165) is 0 Å². The van der Waals surface area contributed by atoms with Crippen molar-refractivity contribution in [1.29, 1.82) is 0 Å². The summed E-state index contributed by atoms with van der Waals surface area (Å²) in [4.78, 5) is 25.4. The summed E-state index contributed by atoms with van der Waals surface area (Å²) in [6, 6.07) is 5.17. The van der Waals surface area contributed by atoms with Crippen LogP contribution in [0.5, 0.6) is 11.5 Å². The van der Waals surface area contributed by atoms with Crippen molar-refractivity contribution in [2.45, 2.75) is 5.03 Å². The zero-order chi connectivity index (χ0) is 17.8. The number of nitrogen functional groups attached to an aromatic ring is 1. The Bertz CT molecular complexity index is 915. The average molecular weight is 377 g/mol. The minimum absolute atomic E-state index is 0.164. The minimum Gasteiger partial charge on any atom is -0.493 e. The van der Waals surface area contributed by atoms with Gasteiger partial charge in [-0.05, 0) is 12.1 Å². The van der Waals surface area contributed by atoms with Gasteiger partial charge in [0.15, 0.2) is 11.5 Å². The number of nitrogens with two attached hydrogens (primary N) is 1. The number of hydrogen-bond donors (Lipinski definition) is 2. The molecule has 10 heteroatoms. The Hall–Kier alpha value is -2.59. The topological polar surface area (TPSA) is 112 Å². The van der Waals surface area contributed by atoms with Crippen LogP contribution in [0, 0.1) is 0 Å². The van der Waals surface area contributed by atoms with Crippen LogP contribution in [-0.2, 0) is 4.79 Å². The summed E-state index contributed by atoms with van der Waals surface area (Å²) < 4.78 is 10.4. The standard InChI is InChI=1S/C15H15N5O3S2/c1-22-9-4-3-8(5-10(9)23-2)18-11(21)6-24-13-12-14(25-7-17-12)20-15(16)19-13/h3-5,7H,6H2,1-2H3,(H,18,21)(H2,16,19,20). The number of carbonyl (C=O) groups is 1. The van der Waals surface area contributed by atoms with Crippen molar-refractivity contribution in [2.24, 2.45) is 0 Å². The third kappa shape index (κ3) is 3.91. The van der Waals surface area contributed by atoms with Gasteiger partial charge >= 0.3 is 0 Å². The maximum absolute atomic E-state index is 12.2. The van der Waals surface area contributed by atoms with E-state index >= 15 is 0 Å². The van der Waals surface area contributed by atoms with Crippen LogP contribution >= 0.6 is 23.1 Å². The first-order valence-electron chi connectivity index (χ1n) is 7.12. The minimum atomic E-state index is -0.183. The molecule has 0 radical (unpaired) electrons. The van der Waals surface area contributed by atoms with Crippen LogP contribution < -0.4 is 20.5 Å². The molecular formula is C15H15N5O3S2. The summed E-state index contributed by atoms with van der Waals surface area (Å²) in [5.74, 6) is 1.28. The molecule has 25 heavy (non-hydrogen) atoms. The molecule has 0 bridgehead atoms. The van der Waals surface area contributed by atoms with E-state index < -0.39 is 0 Å². The third-order valence-electron chi connectivity index (χ3n) is 3.19. The summed E-state index contributed by atoms with van der Waals surface area (Å²) >= 11 is 2.64. The van der Waals surface area contributed by atoms with Crippen LogP contribution in [0.15, 0.2) is 28.7 Å². The fourth-order valence-corrected chi connectivity index (χ4v) is 3.61. The van der Waals surface area contributed by atoms with Crippen molar-refractivity contribution >= 4 is 51.0 Å². The first-order valence-corrected chi connectivity index (χ1v) is 8.98. The smallest absolute Gasteiger partial charge is 0.234 e. The van der Waals surface area contributed by atoms with Gasteiger partial charge in [0.2, 0.25) is 11.9 Å². The van der Waals surface area contributed by atoms with E-state index in [4.69, 9.17) is 15.2 Å². The summed E-state index contributed by atoms with van der Waals surface area (Å²) in [6.45, 7) is 0. The number of nitrogens with one attached hydrogen (secondary N) is 1. The number of carbonyl (C=O) groups excluding carboxylic acids is 1. The van der Waals surface area contributed by atoms with Gasteiger partial charge in [0.1, 0.15) is 15.4 Å². The molecule has 0 unspecified atom stereocenters. The molecule has 0 atom stereocenters. The lowest BCUT2D eigenvalue weighted by Crippen LogP contribution is -2.14. The highest BCUT2D eigenvalue weighted by molar-refractivity contribution is 8.00. The molecular weight excluding hydrogens is 362 g/mol. The molecule has 0 spiro atoms. The molecule has 1 amide bonds. The molecule has 3 N–H and O–H groups in total. The highest BCUT2D eigenvalue weighted by Crippen LogP contribution is 2.30. The third-order valence-corrected chi connectivity index (χ3v) is 4.87. The van der Waals surface area contributed by atoms with Gasteiger partial charge in [-0.25, -0.2) is 15.0 Å². The molecule has 0 fully saturated rings. The molecule has 2 heterocycles. The van der Waals surface area contributed by atoms with E-state index in [1.807, 2.05) is 0 Å². The van der Waals surface area contributed by atoms with Gasteiger partial charge in [0, 0.05) is 11.8 Å². The SMILES string of the molecule is COc1ccc(NC(=O)CSc2nc(N)nc3scnc23)cc1OC. The first-order chi connectivity index (χ1) is 12.1. The molecule has 0 aliphatic carbocycles. The predicted molar refractivity (Wildman–Crippen MR) is 98.5 cm³/mol. The van der Waals surface area contributed by atoms with Crippen LogP contribution in [-0.4, -0.2) is 40.8 Å². The highest BCUT2D eigenvalue weighted by Gasteiger charge is 2.13. The number of fused-ring (bicyclic) bond motifs is 1. The Kier molecular flexibility index (Phi) is 5.19. The van der Waals surface area contributed by atoms with Crippen LogP contribution in [0.1, 0.15) is 0 Å². The number of benzene rings is 1. The van der Waals surface area contributed by atoms with Crippen LogP contribution in [0.25, 0.3) is 10.3 Å². The Morgan fingerprint density at radius 2 is 2.08 bits per heavy atom. The number of nitrogens with zero attached hydrogens (tertiary/aromatic N) is 3. The largest absolute Gasteiger partial charge is 0.493 e. The van der Waals surface area contributed by atoms with Crippen molar-refractivity contribution in [1.82, 2.24) is 15.0 Å². The van der Waals surface area contributed by atoms with Crippen LogP contribution in [0.4, 0.5) is 11.6 Å². The number of amides is 1. The molecule has 0 aliphatic rings. The van der Waals surface area contributed by atoms with Crippen molar-refractivity contribution in [3.8, 4) is 11.5 Å². The second-order valence-corrected chi connectivity index (χ2v) is 6.60. The van der Waals surface area contributed by atoms with E-state index in [9.17, 15) is 4.79 Å². The van der Waals surface area contributed by atoms with E-state index in [-0.39, 0.29) is 17.6 Å². The molecule has 1 aromatic carbocycles. The maximum Gasteiger partial charge on any atom is 0.234 e. The fourth-order valence-electron chi connectivity index (χ4n) is 2.10. The number of thioether (sulfide) groups is 1. The van der Waals surface area contributed by atoms with Crippen molar-refractivity contribution in [3.63, 3.8) is 0 Å². The first kappa shape index (κ1) is 17.2. The normalized spacial score (nSPS) is 10.6. The lowest BCUT2D eigenvalue weighted by Gasteiger charge is -2.10. The van der Waals surface area contributed by atoms with Gasteiger partial charge in [-0.15, -0.1) is 11.3 Å². The number of anilines is 2. The van der Waals surface area contributed by atoms with Gasteiger partial charge in [-0.2, -0.15) is 0 Å². The molecule has 130 valence electrons. The zero-order valence-corrected chi connectivity index (χ0v) is 15.1. The van der Waals surface area contributed by atoms with Crippen molar-refractivity contribution in [3.05, 3.63) is 23.7 Å². The van der Waals surface area contributed by atoms with E-state index in [1.165, 1.54) is 30.2 Å². The number of hydrogen-bond acceptors (Lipinski definition) is 9. The lowest BCUT2D eigenvalue weighted by molar-refractivity contribution is -0.113. The number of aromatic nitrogens is 3. The Morgan fingerprint density at radius 1 is 1.28 bits per heavy atom. The monoisotopic (exact) mass is 377 g/mol. The molecule has 3 aromatic rings. The Morgan fingerprint density at radius 3 is 2.84 bits per heavy atom. The average Bonchev–Trinajstić information content (AvgIpc) is 3.07. The summed E-state index contributed by atoms with van der Waals surface area (Å²) in [5.41, 5.74) is 8.63. The lowest BCUT2D eigenvalue weighted by atomic mass is 10.2. The van der Waals surface area contributed by atoms with Crippen LogP contribution in [0.3, 0.4) is 0 Å². The summed E-state index contributed by atoms with van der Waals surface area (Å²) in [5, 5.41) is 3.40. The van der Waals surface area contributed by atoms with E-state index in [1.54, 1.807) is 30.8 Å². The quantitative estimate of drug-likeness (QED) is 0.497. The number of methoxy groups -OCH3 is 2. The fraction of sp³-hybridized carbons (Fsp3) is 0.200. The molecule has 3 rings (SSSR count). The number of rotatable bonds is 6. The Labute approximate surface area is 151 Å². The molecule has 8 nitrogen and oxygen atoms in total. The summed E-state index contributed by atoms with van der Waals surface area (Å²) in [7, 11) is 3.09. The molecule has 0 aliphatic heterocycles. The highest BCUT2D eigenvalue weighted by atomic mass is 32.2. The zero-order valence-electron chi connectivity index (χ0n) is 13.5.